The van der Waals surface area contributed by atoms with Crippen LogP contribution in [-0.4, -0.2) is 15.0 Å². The quantitative estimate of drug-likeness (QED) is 0.119. The first kappa shape index (κ1) is 38.6. The molecule has 4 heteroatoms. The molecule has 0 N–H and O–H groups in total. The summed E-state index contributed by atoms with van der Waals surface area (Å²) in [5.74, 6) is 1.83. The molecule has 0 unspecified atom stereocenters. The fourth-order valence-corrected chi connectivity index (χ4v) is 9.46. The van der Waals surface area contributed by atoms with E-state index in [-0.39, 0.29) is 0 Å². The van der Waals surface area contributed by atoms with Gasteiger partial charge in [-0.3, -0.25) is 0 Å². The Morgan fingerprint density at radius 2 is 0.758 bits per heavy atom. The molecule has 0 atom stereocenters. The van der Waals surface area contributed by atoms with Crippen LogP contribution in [0.25, 0.3) is 127 Å². The van der Waals surface area contributed by atoms with Crippen LogP contribution in [0.4, 0.5) is 5.69 Å². The maximum absolute atomic E-state index is 8.38. The van der Waals surface area contributed by atoms with Gasteiger partial charge in [0, 0.05) is 16.7 Å². The molecule has 1 aromatic heterocycles. The molecule has 0 amide bonds. The fraction of sp³-hybridized carbons (Fsp3) is 0. The van der Waals surface area contributed by atoms with E-state index in [0.717, 1.165) is 61.0 Å². The van der Waals surface area contributed by atoms with Gasteiger partial charge in [0.1, 0.15) is 0 Å². The van der Waals surface area contributed by atoms with Gasteiger partial charge in [0.05, 0.1) is 6.57 Å². The average molecular weight is 839 g/mol. The molecular formula is C62H38N4. The minimum Gasteiger partial charge on any atom is -0.237 e. The number of nitrogens with zero attached hydrogens (tertiary/aromatic N) is 4. The maximum Gasteiger partial charge on any atom is 0.195 e. The van der Waals surface area contributed by atoms with E-state index in [4.69, 9.17) is 21.5 Å². The standard InChI is InChI=1S/C62H38N4/c1-63-58-39-48(47-18-11-19-49(37-47)54-24-12-17-44-31-27-41-14-6-8-22-53(41)59(44)54)35-36-56(58)55-23-10-9-20-51(55)42-28-32-46(33-29-42)61-64-60(45-15-3-2-4-16-45)65-62(66-61)50-34-30-43-26-25-40-13-5-7-21-52(40)57(43)38-50/h2-39H. The van der Waals surface area contributed by atoms with Crippen molar-refractivity contribution in [2.75, 3.05) is 0 Å². The fourth-order valence-electron chi connectivity index (χ4n) is 9.46. The molecule has 4 nitrogen and oxygen atoms in total. The van der Waals surface area contributed by atoms with Crippen LogP contribution in [0.1, 0.15) is 0 Å². The molecule has 0 aliphatic heterocycles. The van der Waals surface area contributed by atoms with E-state index in [1.165, 1.54) is 43.3 Å². The van der Waals surface area contributed by atoms with Crippen LogP contribution < -0.4 is 0 Å². The van der Waals surface area contributed by atoms with Crippen molar-refractivity contribution < 1.29 is 0 Å². The van der Waals surface area contributed by atoms with Crippen molar-refractivity contribution in [2.24, 2.45) is 0 Å². The second kappa shape index (κ2) is 16.3. The van der Waals surface area contributed by atoms with Crippen LogP contribution in [0.3, 0.4) is 0 Å². The Morgan fingerprint density at radius 1 is 0.273 bits per heavy atom. The largest absolute Gasteiger partial charge is 0.237 e. The summed E-state index contributed by atoms with van der Waals surface area (Å²) in [6, 6.07) is 80.5. The summed E-state index contributed by atoms with van der Waals surface area (Å²) in [6.07, 6.45) is 0. The Kier molecular flexibility index (Phi) is 9.51. The first-order valence-electron chi connectivity index (χ1n) is 22.1. The second-order valence-electron chi connectivity index (χ2n) is 16.6. The van der Waals surface area contributed by atoms with Gasteiger partial charge in [-0.25, -0.2) is 19.8 Å². The third-order valence-electron chi connectivity index (χ3n) is 12.7. The zero-order valence-electron chi connectivity index (χ0n) is 35.7. The molecule has 0 saturated carbocycles. The van der Waals surface area contributed by atoms with Crippen molar-refractivity contribution in [3.8, 4) is 78.7 Å². The number of rotatable bonds is 7. The Balaban J connectivity index is 0.893. The summed E-state index contributed by atoms with van der Waals surface area (Å²) in [7, 11) is 0. The summed E-state index contributed by atoms with van der Waals surface area (Å²) in [5, 5.41) is 9.65. The van der Waals surface area contributed by atoms with Crippen molar-refractivity contribution in [3.63, 3.8) is 0 Å². The predicted octanol–water partition coefficient (Wildman–Crippen LogP) is 16.7. The van der Waals surface area contributed by atoms with E-state index in [1.807, 2.05) is 42.5 Å². The molecule has 306 valence electrons. The highest BCUT2D eigenvalue weighted by Gasteiger charge is 2.17. The Hall–Kier alpha value is -9.04. The van der Waals surface area contributed by atoms with Gasteiger partial charge in [0.25, 0.3) is 0 Å². The summed E-state index contributed by atoms with van der Waals surface area (Å²) in [4.78, 5) is 19.3. The van der Waals surface area contributed by atoms with Gasteiger partial charge in [0.15, 0.2) is 23.2 Å². The smallest absolute Gasteiger partial charge is 0.195 e. The second-order valence-corrected chi connectivity index (χ2v) is 16.6. The average Bonchev–Trinajstić information content (AvgIpc) is 3.40. The van der Waals surface area contributed by atoms with Crippen LogP contribution >= 0.6 is 0 Å². The lowest BCUT2D eigenvalue weighted by atomic mass is 9.90. The topological polar surface area (TPSA) is 43.0 Å². The molecule has 11 aromatic carbocycles. The van der Waals surface area contributed by atoms with E-state index in [1.54, 1.807) is 0 Å². The monoisotopic (exact) mass is 838 g/mol. The minimum atomic E-state index is 0.598. The van der Waals surface area contributed by atoms with Gasteiger partial charge in [-0.2, -0.15) is 0 Å². The van der Waals surface area contributed by atoms with Crippen molar-refractivity contribution in [1.29, 1.82) is 0 Å². The van der Waals surface area contributed by atoms with Crippen molar-refractivity contribution in [1.82, 2.24) is 15.0 Å². The van der Waals surface area contributed by atoms with Crippen molar-refractivity contribution in [3.05, 3.63) is 242 Å². The number of hydrogen-bond acceptors (Lipinski definition) is 3. The normalized spacial score (nSPS) is 11.3. The van der Waals surface area contributed by atoms with E-state index in [2.05, 4.69) is 193 Å². The van der Waals surface area contributed by atoms with Gasteiger partial charge in [-0.05, 0) is 106 Å². The van der Waals surface area contributed by atoms with E-state index in [0.29, 0.717) is 23.2 Å². The lowest BCUT2D eigenvalue weighted by molar-refractivity contribution is 1.07. The molecule has 0 saturated heterocycles. The molecule has 0 aliphatic carbocycles. The molecular weight excluding hydrogens is 801 g/mol. The number of hydrogen-bond donors (Lipinski definition) is 0. The van der Waals surface area contributed by atoms with Crippen LogP contribution in [-0.2, 0) is 0 Å². The summed E-state index contributed by atoms with van der Waals surface area (Å²) >= 11 is 0. The first-order valence-corrected chi connectivity index (χ1v) is 22.1. The zero-order valence-corrected chi connectivity index (χ0v) is 35.7. The Morgan fingerprint density at radius 3 is 1.53 bits per heavy atom. The highest BCUT2D eigenvalue weighted by molar-refractivity contribution is 6.14. The van der Waals surface area contributed by atoms with Gasteiger partial charge in [-0.1, -0.05) is 212 Å². The molecule has 12 rings (SSSR count). The van der Waals surface area contributed by atoms with Crippen LogP contribution in [0.15, 0.2) is 231 Å². The van der Waals surface area contributed by atoms with Gasteiger partial charge >= 0.3 is 0 Å². The molecule has 66 heavy (non-hydrogen) atoms. The Bertz CT molecular complexity index is 3890. The lowest BCUT2D eigenvalue weighted by Gasteiger charge is -2.15. The van der Waals surface area contributed by atoms with E-state index < -0.39 is 0 Å². The SMILES string of the molecule is [C-]#[N+]c1cc(-c2cccc(-c3cccc4ccc5ccccc5c34)c2)ccc1-c1ccccc1-c1ccc(-c2nc(-c3ccccc3)nc(-c3ccc4ccc5ccccc5c4c3)n2)cc1. The molecule has 1 heterocycles. The minimum absolute atomic E-state index is 0.598. The van der Waals surface area contributed by atoms with Crippen molar-refractivity contribution >= 4 is 48.8 Å². The molecule has 0 aliphatic rings. The third kappa shape index (κ3) is 6.93. The third-order valence-corrected chi connectivity index (χ3v) is 12.7. The zero-order chi connectivity index (χ0) is 44.0. The highest BCUT2D eigenvalue weighted by Crippen LogP contribution is 2.42. The molecule has 0 spiro atoms. The summed E-state index contributed by atoms with van der Waals surface area (Å²) < 4.78 is 0. The summed E-state index contributed by atoms with van der Waals surface area (Å²) in [5.41, 5.74) is 11.7. The van der Waals surface area contributed by atoms with Crippen molar-refractivity contribution in [2.45, 2.75) is 0 Å². The number of aromatic nitrogens is 3. The van der Waals surface area contributed by atoms with Gasteiger partial charge in [-0.15, -0.1) is 0 Å². The summed E-state index contributed by atoms with van der Waals surface area (Å²) in [6.45, 7) is 8.38. The van der Waals surface area contributed by atoms with E-state index >= 15 is 0 Å². The van der Waals surface area contributed by atoms with E-state index in [9.17, 15) is 0 Å². The highest BCUT2D eigenvalue weighted by atomic mass is 15.0. The van der Waals surface area contributed by atoms with Gasteiger partial charge in [0.2, 0.25) is 0 Å². The Labute approximate surface area is 382 Å². The maximum atomic E-state index is 8.38. The molecule has 12 aromatic rings. The van der Waals surface area contributed by atoms with Crippen LogP contribution in [0.5, 0.6) is 0 Å². The van der Waals surface area contributed by atoms with Gasteiger partial charge < -0.3 is 0 Å². The van der Waals surface area contributed by atoms with Crippen LogP contribution in [0.2, 0.25) is 0 Å². The molecule has 0 radical (unpaired) electrons. The first-order chi connectivity index (χ1) is 32.6. The molecule has 0 bridgehead atoms. The number of fused-ring (bicyclic) bond motifs is 6. The molecule has 0 fully saturated rings. The van der Waals surface area contributed by atoms with Crippen LogP contribution in [0, 0.1) is 6.57 Å². The lowest BCUT2D eigenvalue weighted by Crippen LogP contribution is -2.00. The predicted molar refractivity (Wildman–Crippen MR) is 274 cm³/mol. The number of benzene rings is 11.